The molecule has 0 spiro atoms. The minimum absolute atomic E-state index is 0.771. The molecule has 1 aromatic carbocycles. The zero-order chi connectivity index (χ0) is 16.2. The van der Waals surface area contributed by atoms with Crippen LogP contribution < -0.4 is 0 Å². The lowest BCUT2D eigenvalue weighted by Gasteiger charge is -2.41. The predicted octanol–water partition coefficient (Wildman–Crippen LogP) is 4.07. The first-order valence-electron chi connectivity index (χ1n) is 8.83. The minimum atomic E-state index is 0.771. The summed E-state index contributed by atoms with van der Waals surface area (Å²) in [5.74, 6) is 0.910. The highest BCUT2D eigenvalue weighted by atomic mass is 32.2. The van der Waals surface area contributed by atoms with E-state index in [1.54, 1.807) is 11.9 Å². The number of piperidine rings is 2. The van der Waals surface area contributed by atoms with Crippen LogP contribution in [0.2, 0.25) is 0 Å². The molecule has 3 nitrogen and oxygen atoms in total. The summed E-state index contributed by atoms with van der Waals surface area (Å²) in [6.07, 6.45) is 5.25. The Labute approximate surface area is 144 Å². The van der Waals surface area contributed by atoms with E-state index in [4.69, 9.17) is 0 Å². The molecule has 2 aliphatic rings. The molecule has 124 valence electrons. The van der Waals surface area contributed by atoms with E-state index in [2.05, 4.69) is 35.2 Å². The molecule has 2 heterocycles. The topological polar surface area (TPSA) is 30.3 Å². The zero-order valence-corrected chi connectivity index (χ0v) is 15.1. The fourth-order valence-corrected chi connectivity index (χ4v) is 4.75. The lowest BCUT2D eigenvalue weighted by atomic mass is 9.95. The summed E-state index contributed by atoms with van der Waals surface area (Å²) in [5, 5.41) is 9.28. The molecule has 0 radical (unpaired) electrons. The third-order valence-electron chi connectivity index (χ3n) is 5.24. The minimum Gasteiger partial charge on any atom is -0.300 e. The van der Waals surface area contributed by atoms with E-state index in [-0.39, 0.29) is 0 Å². The molecule has 2 saturated heterocycles. The number of benzene rings is 1. The van der Waals surface area contributed by atoms with Crippen LogP contribution in [0.25, 0.3) is 0 Å². The second-order valence-corrected chi connectivity index (χ2v) is 8.22. The van der Waals surface area contributed by atoms with Crippen molar-refractivity contribution in [2.75, 3.05) is 26.2 Å². The van der Waals surface area contributed by atoms with E-state index in [0.717, 1.165) is 35.5 Å². The van der Waals surface area contributed by atoms with Gasteiger partial charge in [-0.2, -0.15) is 5.26 Å². The zero-order valence-electron chi connectivity index (χ0n) is 14.3. The fraction of sp³-hybridized carbons (Fsp3) is 0.632. The highest BCUT2D eigenvalue weighted by molar-refractivity contribution is 7.97. The molecule has 0 amide bonds. The summed E-state index contributed by atoms with van der Waals surface area (Å²) in [4.78, 5) is 3.83. The van der Waals surface area contributed by atoms with E-state index in [0.29, 0.717) is 0 Å². The number of nitrogens with zero attached hydrogens (tertiary/aromatic N) is 3. The Morgan fingerprint density at radius 1 is 1.09 bits per heavy atom. The molecule has 0 saturated carbocycles. The molecule has 3 rings (SSSR count). The maximum Gasteiger partial charge on any atom is 0.100 e. The molecule has 0 N–H and O–H groups in total. The van der Waals surface area contributed by atoms with Crippen LogP contribution in [-0.2, 0) is 0 Å². The predicted molar refractivity (Wildman–Crippen MR) is 96.3 cm³/mol. The van der Waals surface area contributed by atoms with Gasteiger partial charge >= 0.3 is 0 Å². The molecule has 0 unspecified atom stereocenters. The van der Waals surface area contributed by atoms with Crippen LogP contribution in [-0.4, -0.2) is 41.4 Å². The molecule has 0 atom stereocenters. The van der Waals surface area contributed by atoms with Crippen molar-refractivity contribution in [1.82, 2.24) is 9.21 Å². The normalized spacial score (nSPS) is 22.1. The molecule has 0 bridgehead atoms. The molecule has 2 aliphatic heterocycles. The smallest absolute Gasteiger partial charge is 0.100 e. The standard InChI is InChI=1S/C19H27N3S/c1-15-5-9-21(10-6-15)18-7-11-22(12-8-18)23-19-13-16(2)3-4-17(19)14-20/h3-4,13,15,18H,5-12H2,1-2H3. The molecule has 0 aromatic heterocycles. The van der Waals surface area contributed by atoms with Gasteiger partial charge < -0.3 is 4.90 Å². The first kappa shape index (κ1) is 16.8. The van der Waals surface area contributed by atoms with Crippen LogP contribution in [0.5, 0.6) is 0 Å². The summed E-state index contributed by atoms with van der Waals surface area (Å²) >= 11 is 1.77. The van der Waals surface area contributed by atoms with Crippen molar-refractivity contribution < 1.29 is 0 Å². The lowest BCUT2D eigenvalue weighted by molar-refractivity contribution is 0.103. The monoisotopic (exact) mass is 329 g/mol. The number of aryl methyl sites for hydroxylation is 1. The molecule has 4 heteroatoms. The maximum absolute atomic E-state index is 9.28. The van der Waals surface area contributed by atoms with Gasteiger partial charge in [-0.1, -0.05) is 13.0 Å². The van der Waals surface area contributed by atoms with Gasteiger partial charge in [0.2, 0.25) is 0 Å². The van der Waals surface area contributed by atoms with Crippen LogP contribution in [0.3, 0.4) is 0 Å². The van der Waals surface area contributed by atoms with Crippen molar-refractivity contribution in [3.05, 3.63) is 29.3 Å². The molecule has 2 fully saturated rings. The number of likely N-dealkylation sites (tertiary alicyclic amines) is 1. The second-order valence-electron chi connectivity index (χ2n) is 7.08. The van der Waals surface area contributed by atoms with E-state index in [9.17, 15) is 5.26 Å². The summed E-state index contributed by atoms with van der Waals surface area (Å²) < 4.78 is 2.44. The number of rotatable bonds is 3. The van der Waals surface area contributed by atoms with Crippen LogP contribution in [0.15, 0.2) is 23.1 Å². The quantitative estimate of drug-likeness (QED) is 0.782. The Kier molecular flexibility index (Phi) is 5.63. The van der Waals surface area contributed by atoms with Crippen molar-refractivity contribution in [3.63, 3.8) is 0 Å². The SMILES string of the molecule is Cc1ccc(C#N)c(SN2CCC(N3CCC(C)CC3)CC2)c1. The van der Waals surface area contributed by atoms with Crippen molar-refractivity contribution in [2.45, 2.75) is 50.5 Å². The van der Waals surface area contributed by atoms with Crippen molar-refractivity contribution in [1.29, 1.82) is 5.26 Å². The Morgan fingerprint density at radius 3 is 2.43 bits per heavy atom. The van der Waals surface area contributed by atoms with Gasteiger partial charge in [0.25, 0.3) is 0 Å². The van der Waals surface area contributed by atoms with Gasteiger partial charge in [-0.3, -0.25) is 0 Å². The molecule has 1 aromatic rings. The van der Waals surface area contributed by atoms with Gasteiger partial charge in [0.05, 0.1) is 5.56 Å². The summed E-state index contributed by atoms with van der Waals surface area (Å²) in [7, 11) is 0. The number of hydrogen-bond donors (Lipinski definition) is 0. The average molecular weight is 330 g/mol. The number of hydrogen-bond acceptors (Lipinski definition) is 4. The van der Waals surface area contributed by atoms with Gasteiger partial charge in [0.15, 0.2) is 0 Å². The summed E-state index contributed by atoms with van der Waals surface area (Å²) in [6, 6.07) is 9.20. The van der Waals surface area contributed by atoms with Crippen molar-refractivity contribution in [3.8, 4) is 6.07 Å². The number of nitriles is 1. The molecular formula is C19H27N3S. The highest BCUT2D eigenvalue weighted by Gasteiger charge is 2.27. The third kappa shape index (κ3) is 4.29. The Hall–Kier alpha value is -1.02. The van der Waals surface area contributed by atoms with E-state index in [1.807, 2.05) is 12.1 Å². The lowest BCUT2D eigenvalue weighted by Crippen LogP contribution is -2.46. The van der Waals surface area contributed by atoms with Gasteiger partial charge in [0.1, 0.15) is 6.07 Å². The first-order valence-corrected chi connectivity index (χ1v) is 9.61. The van der Waals surface area contributed by atoms with Crippen LogP contribution in [0, 0.1) is 24.2 Å². The summed E-state index contributed by atoms with van der Waals surface area (Å²) in [5.41, 5.74) is 2.02. The van der Waals surface area contributed by atoms with E-state index in [1.165, 1.54) is 44.3 Å². The second kappa shape index (κ2) is 7.70. The van der Waals surface area contributed by atoms with E-state index >= 15 is 0 Å². The summed E-state index contributed by atoms with van der Waals surface area (Å²) in [6.45, 7) is 9.30. The van der Waals surface area contributed by atoms with Crippen LogP contribution in [0.4, 0.5) is 0 Å². The Morgan fingerprint density at radius 2 is 1.78 bits per heavy atom. The molecule has 0 aliphatic carbocycles. The molecule has 23 heavy (non-hydrogen) atoms. The van der Waals surface area contributed by atoms with Gasteiger partial charge in [-0.25, -0.2) is 4.31 Å². The average Bonchev–Trinajstić information content (AvgIpc) is 2.57. The van der Waals surface area contributed by atoms with Crippen molar-refractivity contribution in [2.24, 2.45) is 5.92 Å². The van der Waals surface area contributed by atoms with E-state index < -0.39 is 0 Å². The van der Waals surface area contributed by atoms with Crippen LogP contribution >= 0.6 is 11.9 Å². The van der Waals surface area contributed by atoms with Gasteiger partial charge in [0, 0.05) is 24.0 Å². The Bertz CT molecular complexity index is 564. The fourth-order valence-electron chi connectivity index (χ4n) is 3.63. The van der Waals surface area contributed by atoms with Crippen LogP contribution in [0.1, 0.15) is 43.7 Å². The van der Waals surface area contributed by atoms with Crippen molar-refractivity contribution >= 4 is 11.9 Å². The first-order chi connectivity index (χ1) is 11.2. The maximum atomic E-state index is 9.28. The Balaban J connectivity index is 1.53. The highest BCUT2D eigenvalue weighted by Crippen LogP contribution is 2.31. The largest absolute Gasteiger partial charge is 0.300 e. The van der Waals surface area contributed by atoms with Gasteiger partial charge in [-0.05, 0) is 81.3 Å². The van der Waals surface area contributed by atoms with Gasteiger partial charge in [-0.15, -0.1) is 0 Å². The molecular weight excluding hydrogens is 302 g/mol. The third-order valence-corrected chi connectivity index (χ3v) is 6.40.